The van der Waals surface area contributed by atoms with Crippen LogP contribution in [-0.2, 0) is 4.79 Å². The second-order valence-electron chi connectivity index (χ2n) is 4.01. The van der Waals surface area contributed by atoms with Crippen LogP contribution in [0.25, 0.3) is 0 Å². The van der Waals surface area contributed by atoms with Crippen molar-refractivity contribution in [3.63, 3.8) is 0 Å². The Hall–Kier alpha value is -0.300. The molecule has 0 spiro atoms. The smallest absolute Gasteiger partial charge is 0.369 e. The molecule has 7 heteroatoms. The molecule has 2 atom stereocenters. The average Bonchev–Trinajstić information content (AvgIpc) is 2.16. The van der Waals surface area contributed by atoms with E-state index in [1.54, 1.807) is 4.90 Å². The maximum atomic E-state index is 12.3. The van der Waals surface area contributed by atoms with Crippen molar-refractivity contribution in [2.45, 2.75) is 23.8 Å². The van der Waals surface area contributed by atoms with Gasteiger partial charge in [-0.05, 0) is 19.4 Å². The highest BCUT2D eigenvalue weighted by Crippen LogP contribution is 2.28. The largest absolute Gasteiger partial charge is 0.402 e. The van der Waals surface area contributed by atoms with E-state index in [0.717, 1.165) is 0 Å². The number of halogens is 4. The van der Waals surface area contributed by atoms with E-state index in [1.165, 1.54) is 0 Å². The lowest BCUT2D eigenvalue weighted by Gasteiger charge is -2.32. The highest BCUT2D eigenvalue weighted by molar-refractivity contribution is 9.09. The zero-order valence-electron chi connectivity index (χ0n) is 8.63. The molecule has 2 unspecified atom stereocenters. The minimum atomic E-state index is -4.25. The van der Waals surface area contributed by atoms with Gasteiger partial charge in [-0.1, -0.05) is 15.9 Å². The van der Waals surface area contributed by atoms with Crippen LogP contribution in [0.15, 0.2) is 0 Å². The number of hydrogen-bond donors (Lipinski definition) is 1. The SMILES string of the molecule is NC(=O)C1CCCN(CC(Br)C(F)(F)F)C1. The molecule has 3 nitrogen and oxygen atoms in total. The predicted molar refractivity (Wildman–Crippen MR) is 57.1 cm³/mol. The average molecular weight is 303 g/mol. The van der Waals surface area contributed by atoms with Gasteiger partial charge >= 0.3 is 6.18 Å². The number of hydrogen-bond acceptors (Lipinski definition) is 2. The van der Waals surface area contributed by atoms with Gasteiger partial charge in [0.05, 0.1) is 5.92 Å². The molecule has 1 fully saturated rings. The summed E-state index contributed by atoms with van der Waals surface area (Å²) in [6.07, 6.45) is -2.87. The monoisotopic (exact) mass is 302 g/mol. The standard InChI is InChI=1S/C9H14BrF3N2O/c10-7(9(11,12)13)5-15-3-1-2-6(4-15)8(14)16/h6-7H,1-5H2,(H2,14,16). The fourth-order valence-electron chi connectivity index (χ4n) is 1.78. The van der Waals surface area contributed by atoms with Gasteiger partial charge < -0.3 is 10.6 Å². The molecule has 1 heterocycles. The van der Waals surface area contributed by atoms with Crippen LogP contribution in [0.3, 0.4) is 0 Å². The zero-order chi connectivity index (χ0) is 12.3. The first-order valence-electron chi connectivity index (χ1n) is 5.03. The third kappa shape index (κ3) is 3.93. The van der Waals surface area contributed by atoms with Crippen molar-refractivity contribution >= 4 is 21.8 Å². The number of nitrogens with two attached hydrogens (primary N) is 1. The predicted octanol–water partition coefficient (Wildman–Crippen LogP) is 1.51. The third-order valence-electron chi connectivity index (χ3n) is 2.68. The summed E-state index contributed by atoms with van der Waals surface area (Å²) in [6, 6.07) is 0. The molecule has 0 aromatic carbocycles. The molecule has 0 bridgehead atoms. The maximum absolute atomic E-state index is 12.3. The molecule has 0 saturated carbocycles. The molecule has 1 aliphatic heterocycles. The maximum Gasteiger partial charge on any atom is 0.402 e. The lowest BCUT2D eigenvalue weighted by molar-refractivity contribution is -0.132. The minimum absolute atomic E-state index is 0.132. The van der Waals surface area contributed by atoms with E-state index < -0.39 is 16.9 Å². The molecule has 1 amide bonds. The molecular weight excluding hydrogens is 289 g/mol. The fourth-order valence-corrected chi connectivity index (χ4v) is 2.19. The first-order chi connectivity index (χ1) is 7.30. The number of primary amides is 1. The quantitative estimate of drug-likeness (QED) is 0.803. The van der Waals surface area contributed by atoms with Gasteiger partial charge in [0.25, 0.3) is 0 Å². The number of carbonyl (C=O) groups is 1. The number of nitrogens with zero attached hydrogens (tertiary/aromatic N) is 1. The Kier molecular flexibility index (Phi) is 4.61. The van der Waals surface area contributed by atoms with Crippen molar-refractivity contribution in [3.8, 4) is 0 Å². The van der Waals surface area contributed by atoms with E-state index in [-0.39, 0.29) is 12.5 Å². The Balaban J connectivity index is 2.46. The van der Waals surface area contributed by atoms with Crippen molar-refractivity contribution in [3.05, 3.63) is 0 Å². The molecule has 0 aromatic heterocycles. The van der Waals surface area contributed by atoms with Gasteiger partial charge in [0.2, 0.25) is 5.91 Å². The molecule has 94 valence electrons. The summed E-state index contributed by atoms with van der Waals surface area (Å²) in [5, 5.41) is 0. The molecule has 16 heavy (non-hydrogen) atoms. The second kappa shape index (κ2) is 5.35. The summed E-state index contributed by atoms with van der Waals surface area (Å²) in [6.45, 7) is 0.781. The normalized spacial score (nSPS) is 25.4. The Morgan fingerprint density at radius 2 is 2.19 bits per heavy atom. The molecule has 1 aliphatic rings. The van der Waals surface area contributed by atoms with Gasteiger partial charge in [0.15, 0.2) is 0 Å². The van der Waals surface area contributed by atoms with Crippen LogP contribution in [0.4, 0.5) is 13.2 Å². The number of carbonyl (C=O) groups excluding carboxylic acids is 1. The van der Waals surface area contributed by atoms with Crippen LogP contribution in [0, 0.1) is 5.92 Å². The molecule has 0 aromatic rings. The van der Waals surface area contributed by atoms with Crippen molar-refractivity contribution < 1.29 is 18.0 Å². The van der Waals surface area contributed by atoms with Gasteiger partial charge in [-0.3, -0.25) is 4.79 Å². The highest BCUT2D eigenvalue weighted by Gasteiger charge is 2.39. The van der Waals surface area contributed by atoms with Gasteiger partial charge in [0.1, 0.15) is 4.83 Å². The number of amides is 1. The Morgan fingerprint density at radius 1 is 1.56 bits per heavy atom. The number of rotatable bonds is 3. The highest BCUT2D eigenvalue weighted by atomic mass is 79.9. The van der Waals surface area contributed by atoms with Gasteiger partial charge in [-0.2, -0.15) is 13.2 Å². The van der Waals surface area contributed by atoms with Gasteiger partial charge in [-0.15, -0.1) is 0 Å². The zero-order valence-corrected chi connectivity index (χ0v) is 10.2. The molecule has 0 radical (unpaired) electrons. The number of alkyl halides is 4. The van der Waals surface area contributed by atoms with Crippen LogP contribution < -0.4 is 5.73 Å². The lowest BCUT2D eigenvalue weighted by atomic mass is 9.97. The Bertz CT molecular complexity index is 260. The van der Waals surface area contributed by atoms with Crippen molar-refractivity contribution in [1.29, 1.82) is 0 Å². The Morgan fingerprint density at radius 3 is 2.69 bits per heavy atom. The van der Waals surface area contributed by atoms with E-state index in [4.69, 9.17) is 5.73 Å². The number of piperidine rings is 1. The van der Waals surface area contributed by atoms with Crippen LogP contribution in [0.5, 0.6) is 0 Å². The molecule has 1 rings (SSSR count). The summed E-state index contributed by atoms with van der Waals surface area (Å²) in [5.41, 5.74) is 5.15. The summed E-state index contributed by atoms with van der Waals surface area (Å²) < 4.78 is 36.9. The van der Waals surface area contributed by atoms with E-state index in [9.17, 15) is 18.0 Å². The van der Waals surface area contributed by atoms with E-state index >= 15 is 0 Å². The van der Waals surface area contributed by atoms with Gasteiger partial charge in [-0.25, -0.2) is 0 Å². The van der Waals surface area contributed by atoms with Crippen molar-refractivity contribution in [1.82, 2.24) is 4.90 Å². The fraction of sp³-hybridized carbons (Fsp3) is 0.889. The van der Waals surface area contributed by atoms with Crippen LogP contribution in [0.1, 0.15) is 12.8 Å². The molecule has 0 aliphatic carbocycles. The van der Waals surface area contributed by atoms with Crippen molar-refractivity contribution in [2.24, 2.45) is 11.7 Å². The van der Waals surface area contributed by atoms with E-state index in [0.29, 0.717) is 25.9 Å². The minimum Gasteiger partial charge on any atom is -0.369 e. The summed E-state index contributed by atoms with van der Waals surface area (Å²) in [4.78, 5) is 11.0. The van der Waals surface area contributed by atoms with Crippen LogP contribution in [-0.4, -0.2) is 41.4 Å². The molecular formula is C9H14BrF3N2O. The second-order valence-corrected chi connectivity index (χ2v) is 5.12. The molecule has 2 N–H and O–H groups in total. The van der Waals surface area contributed by atoms with Gasteiger partial charge in [0, 0.05) is 13.1 Å². The van der Waals surface area contributed by atoms with Crippen molar-refractivity contribution in [2.75, 3.05) is 19.6 Å². The number of likely N-dealkylation sites (tertiary alicyclic amines) is 1. The first-order valence-corrected chi connectivity index (χ1v) is 5.94. The van der Waals surface area contributed by atoms with E-state index in [1.807, 2.05) is 0 Å². The lowest BCUT2D eigenvalue weighted by Crippen LogP contribution is -2.45. The van der Waals surface area contributed by atoms with Crippen LogP contribution >= 0.6 is 15.9 Å². The van der Waals surface area contributed by atoms with E-state index in [2.05, 4.69) is 15.9 Å². The first kappa shape index (κ1) is 13.8. The Labute approximate surface area is 100 Å². The summed E-state index contributed by atoms with van der Waals surface area (Å²) >= 11 is 2.61. The third-order valence-corrected chi connectivity index (χ3v) is 3.49. The topological polar surface area (TPSA) is 46.3 Å². The summed E-state index contributed by atoms with van der Waals surface area (Å²) in [5.74, 6) is -0.746. The summed E-state index contributed by atoms with van der Waals surface area (Å²) in [7, 11) is 0. The van der Waals surface area contributed by atoms with Crippen LogP contribution in [0.2, 0.25) is 0 Å². The molecule has 1 saturated heterocycles.